The number of rotatable bonds is 4. The summed E-state index contributed by atoms with van der Waals surface area (Å²) in [4.78, 5) is 37.6. The molecule has 108 valence electrons. The number of H-pyrrole nitrogens is 1. The van der Waals surface area contributed by atoms with Crippen molar-refractivity contribution in [2.45, 2.75) is 6.54 Å². The molecule has 2 rings (SSSR count). The number of hydrogen-bond donors (Lipinski definition) is 1. The zero-order valence-electron chi connectivity index (χ0n) is 11.3. The van der Waals surface area contributed by atoms with Crippen molar-refractivity contribution in [3.05, 3.63) is 74.2 Å². The van der Waals surface area contributed by atoms with Crippen molar-refractivity contribution in [2.24, 2.45) is 0 Å². The lowest BCUT2D eigenvalue weighted by Gasteiger charge is -2.17. The molecule has 21 heavy (non-hydrogen) atoms. The van der Waals surface area contributed by atoms with E-state index in [0.717, 1.165) is 0 Å². The second kappa shape index (κ2) is 6.00. The molecule has 0 bridgehead atoms. The average molecular weight is 287 g/mol. The molecule has 0 aliphatic heterocycles. The normalized spacial score (nSPS) is 10.1. The van der Waals surface area contributed by atoms with Crippen LogP contribution in [0.2, 0.25) is 0 Å². The van der Waals surface area contributed by atoms with Gasteiger partial charge in [0.05, 0.1) is 11.5 Å². The third-order valence-corrected chi connectivity index (χ3v) is 2.94. The number of nitrogens with zero attached hydrogens (tertiary/aromatic N) is 2. The summed E-state index contributed by atoms with van der Waals surface area (Å²) >= 11 is 0. The Balaban J connectivity index is 2.22. The van der Waals surface area contributed by atoms with Crippen LogP contribution in [-0.4, -0.2) is 27.8 Å². The van der Waals surface area contributed by atoms with E-state index in [9.17, 15) is 19.7 Å². The summed E-state index contributed by atoms with van der Waals surface area (Å²) in [5, 5.41) is 10.9. The zero-order valence-corrected chi connectivity index (χ0v) is 11.3. The molecule has 1 aromatic carbocycles. The van der Waals surface area contributed by atoms with Gasteiger partial charge in [-0.3, -0.25) is 19.7 Å². The van der Waals surface area contributed by atoms with E-state index in [1.54, 1.807) is 18.2 Å². The predicted molar refractivity (Wildman–Crippen MR) is 76.0 cm³/mol. The van der Waals surface area contributed by atoms with Crippen molar-refractivity contribution in [3.63, 3.8) is 0 Å². The van der Waals surface area contributed by atoms with Crippen LogP contribution >= 0.6 is 0 Å². The maximum atomic E-state index is 12.2. The first kappa shape index (κ1) is 14.4. The standard InChI is InChI=1S/C14H13N3O4/c1-16(14(19)11-6-4-8-13(18)15-11)9-10-5-2-3-7-12(10)17(20)21/h2-8H,9H2,1H3,(H,15,18). The van der Waals surface area contributed by atoms with Gasteiger partial charge in [0.1, 0.15) is 5.69 Å². The second-order valence-electron chi connectivity index (χ2n) is 4.48. The van der Waals surface area contributed by atoms with Gasteiger partial charge in [-0.15, -0.1) is 0 Å². The second-order valence-corrected chi connectivity index (χ2v) is 4.48. The van der Waals surface area contributed by atoms with Gasteiger partial charge in [-0.05, 0) is 6.07 Å². The Morgan fingerprint density at radius 2 is 1.95 bits per heavy atom. The summed E-state index contributed by atoms with van der Waals surface area (Å²) < 4.78 is 0. The van der Waals surface area contributed by atoms with E-state index >= 15 is 0 Å². The third-order valence-electron chi connectivity index (χ3n) is 2.94. The molecule has 7 nitrogen and oxygen atoms in total. The highest BCUT2D eigenvalue weighted by atomic mass is 16.6. The molecule has 1 amide bonds. The summed E-state index contributed by atoms with van der Waals surface area (Å²) in [7, 11) is 1.52. The molecular formula is C14H13N3O4. The Morgan fingerprint density at radius 1 is 1.24 bits per heavy atom. The zero-order chi connectivity index (χ0) is 15.4. The highest BCUT2D eigenvalue weighted by molar-refractivity contribution is 5.92. The fourth-order valence-electron chi connectivity index (χ4n) is 1.93. The Kier molecular flexibility index (Phi) is 4.13. The molecule has 0 spiro atoms. The molecule has 0 saturated heterocycles. The lowest BCUT2D eigenvalue weighted by molar-refractivity contribution is -0.385. The SMILES string of the molecule is CN(Cc1ccccc1[N+](=O)[O-])C(=O)c1cccc(=O)[nH]1. The summed E-state index contributed by atoms with van der Waals surface area (Å²) in [5.41, 5.74) is 0.152. The molecule has 0 aliphatic rings. The number of benzene rings is 1. The first-order valence-corrected chi connectivity index (χ1v) is 6.16. The van der Waals surface area contributed by atoms with Crippen molar-refractivity contribution in [1.82, 2.24) is 9.88 Å². The fourth-order valence-corrected chi connectivity index (χ4v) is 1.93. The van der Waals surface area contributed by atoms with Crippen LogP contribution in [0.4, 0.5) is 5.69 Å². The summed E-state index contributed by atoms with van der Waals surface area (Å²) in [6, 6.07) is 10.5. The van der Waals surface area contributed by atoms with Crippen molar-refractivity contribution >= 4 is 11.6 Å². The number of carbonyl (C=O) groups excluding carboxylic acids is 1. The molecule has 0 unspecified atom stereocenters. The number of hydrogen-bond acceptors (Lipinski definition) is 4. The first-order chi connectivity index (χ1) is 9.99. The molecule has 1 N–H and O–H groups in total. The third kappa shape index (κ3) is 3.33. The number of aromatic amines is 1. The largest absolute Gasteiger partial charge is 0.336 e. The number of nitrogens with one attached hydrogen (secondary N) is 1. The molecule has 1 heterocycles. The van der Waals surface area contributed by atoms with Crippen LogP contribution in [-0.2, 0) is 6.54 Å². The summed E-state index contributed by atoms with van der Waals surface area (Å²) in [5.74, 6) is -0.411. The molecule has 0 saturated carbocycles. The van der Waals surface area contributed by atoms with Gasteiger partial charge >= 0.3 is 0 Å². The Labute approximate surface area is 120 Å². The van der Waals surface area contributed by atoms with Crippen molar-refractivity contribution in [2.75, 3.05) is 7.05 Å². The molecule has 0 radical (unpaired) electrons. The van der Waals surface area contributed by atoms with E-state index in [1.807, 2.05) is 0 Å². The number of amides is 1. The van der Waals surface area contributed by atoms with E-state index in [1.165, 1.54) is 36.2 Å². The van der Waals surface area contributed by atoms with Gasteiger partial charge in [0.15, 0.2) is 0 Å². The molecule has 0 fully saturated rings. The number of nitro groups is 1. The number of pyridine rings is 1. The number of carbonyl (C=O) groups is 1. The van der Waals surface area contributed by atoms with Crippen molar-refractivity contribution < 1.29 is 9.72 Å². The van der Waals surface area contributed by atoms with E-state index in [0.29, 0.717) is 5.56 Å². The van der Waals surface area contributed by atoms with E-state index in [-0.39, 0.29) is 23.5 Å². The van der Waals surface area contributed by atoms with Crippen molar-refractivity contribution in [3.8, 4) is 0 Å². The topological polar surface area (TPSA) is 96.3 Å². The summed E-state index contributed by atoms with van der Waals surface area (Å²) in [6.45, 7) is 0.0763. The smallest absolute Gasteiger partial charge is 0.274 e. The average Bonchev–Trinajstić information content (AvgIpc) is 2.46. The minimum atomic E-state index is -0.488. The quantitative estimate of drug-likeness (QED) is 0.681. The van der Waals surface area contributed by atoms with Gasteiger partial charge in [-0.2, -0.15) is 0 Å². The van der Waals surface area contributed by atoms with E-state index in [2.05, 4.69) is 4.98 Å². The molecule has 0 atom stereocenters. The molecule has 7 heteroatoms. The number of nitro benzene ring substituents is 1. The first-order valence-electron chi connectivity index (χ1n) is 6.16. The minimum absolute atomic E-state index is 0.0429. The lowest BCUT2D eigenvalue weighted by atomic mass is 10.1. The van der Waals surface area contributed by atoms with Gasteiger partial charge in [-0.25, -0.2) is 0 Å². The predicted octanol–water partition coefficient (Wildman–Crippen LogP) is 1.56. The van der Waals surface area contributed by atoms with Crippen LogP contribution in [0.1, 0.15) is 16.1 Å². The van der Waals surface area contributed by atoms with Crippen LogP contribution in [0, 0.1) is 10.1 Å². The highest BCUT2D eigenvalue weighted by Crippen LogP contribution is 2.19. The van der Waals surface area contributed by atoms with E-state index < -0.39 is 10.8 Å². The molecule has 1 aromatic heterocycles. The van der Waals surface area contributed by atoms with Crippen LogP contribution in [0.25, 0.3) is 0 Å². The molecule has 0 aliphatic carbocycles. The van der Waals surface area contributed by atoms with Crippen LogP contribution < -0.4 is 5.56 Å². The number of para-hydroxylation sites is 1. The molecular weight excluding hydrogens is 274 g/mol. The fraction of sp³-hybridized carbons (Fsp3) is 0.143. The lowest BCUT2D eigenvalue weighted by Crippen LogP contribution is -2.28. The van der Waals surface area contributed by atoms with Gasteiger partial charge in [0.2, 0.25) is 5.56 Å². The van der Waals surface area contributed by atoms with Gasteiger partial charge in [0.25, 0.3) is 11.6 Å². The molecule has 2 aromatic rings. The Morgan fingerprint density at radius 3 is 2.62 bits per heavy atom. The Hall–Kier alpha value is -2.96. The van der Waals surface area contributed by atoms with Crippen LogP contribution in [0.5, 0.6) is 0 Å². The van der Waals surface area contributed by atoms with Crippen LogP contribution in [0.3, 0.4) is 0 Å². The monoisotopic (exact) mass is 287 g/mol. The summed E-state index contributed by atoms with van der Waals surface area (Å²) in [6.07, 6.45) is 0. The Bertz CT molecular complexity index is 739. The van der Waals surface area contributed by atoms with Crippen LogP contribution in [0.15, 0.2) is 47.3 Å². The number of aromatic nitrogens is 1. The van der Waals surface area contributed by atoms with Gasteiger partial charge < -0.3 is 9.88 Å². The van der Waals surface area contributed by atoms with Crippen molar-refractivity contribution in [1.29, 1.82) is 0 Å². The van der Waals surface area contributed by atoms with E-state index in [4.69, 9.17) is 0 Å². The maximum absolute atomic E-state index is 12.2. The minimum Gasteiger partial charge on any atom is -0.336 e. The van der Waals surface area contributed by atoms with Gasteiger partial charge in [-0.1, -0.05) is 24.3 Å². The maximum Gasteiger partial charge on any atom is 0.274 e. The van der Waals surface area contributed by atoms with Gasteiger partial charge in [0, 0.05) is 24.7 Å². The highest BCUT2D eigenvalue weighted by Gasteiger charge is 2.18.